The topological polar surface area (TPSA) is 126 Å². The minimum absolute atomic E-state index is 0.00876. The van der Waals surface area contributed by atoms with Gasteiger partial charge in [-0.2, -0.15) is 0 Å². The molecule has 1 saturated carbocycles. The second-order valence-electron chi connectivity index (χ2n) is 7.70. The summed E-state index contributed by atoms with van der Waals surface area (Å²) in [6, 6.07) is 15.5. The molecule has 1 unspecified atom stereocenters. The summed E-state index contributed by atoms with van der Waals surface area (Å²) in [5, 5.41) is 23.1. The van der Waals surface area contributed by atoms with Crippen LogP contribution in [-0.4, -0.2) is 62.8 Å². The predicted molar refractivity (Wildman–Crippen MR) is 109 cm³/mol. The van der Waals surface area contributed by atoms with Crippen LogP contribution in [0.3, 0.4) is 0 Å². The van der Waals surface area contributed by atoms with E-state index in [0.29, 0.717) is 0 Å². The number of hydrogen-bond acceptors (Lipinski definition) is 7. The number of benzene rings is 2. The van der Waals surface area contributed by atoms with E-state index in [2.05, 4.69) is 0 Å². The second kappa shape index (κ2) is 8.93. The van der Waals surface area contributed by atoms with Crippen LogP contribution < -0.4 is 5.73 Å². The quantitative estimate of drug-likeness (QED) is 0.673. The summed E-state index contributed by atoms with van der Waals surface area (Å²) >= 11 is 0. The van der Waals surface area contributed by atoms with Gasteiger partial charge in [0.2, 0.25) is 0 Å². The molecule has 1 aliphatic carbocycles. The number of aliphatic hydroxyl groups excluding tert-OH is 2. The number of hydrazine groups is 1. The highest BCUT2D eigenvalue weighted by molar-refractivity contribution is 5.76. The lowest BCUT2D eigenvalue weighted by atomic mass is 9.84. The summed E-state index contributed by atoms with van der Waals surface area (Å²) in [7, 11) is 0. The van der Waals surface area contributed by atoms with E-state index >= 15 is 0 Å². The third kappa shape index (κ3) is 4.20. The molecule has 0 spiro atoms. The Bertz CT molecular complexity index is 838. The summed E-state index contributed by atoms with van der Waals surface area (Å²) in [6.07, 6.45) is -3.93. The molecule has 2 aromatic carbocycles. The SMILES string of the molecule is NC1[C@H](O)[C@H]2C[C@@H]([C@H]1O)N(C(=O)OCc1ccccc1)N2C(=O)OCc1ccccc1. The standard InChI is InChI=1S/C22H25N3O6/c23-18-19(26)16-11-17(20(18)27)25(22(29)31-13-15-9-5-2-6-10-15)24(16)21(28)30-12-14-7-3-1-4-8-14/h1-10,16-20,26-27H,11-13,23H2/t16-,17+,18?,19-,20-/m1/s1. The molecule has 5 atom stereocenters. The highest BCUT2D eigenvalue weighted by atomic mass is 16.6. The molecule has 1 aliphatic heterocycles. The summed E-state index contributed by atoms with van der Waals surface area (Å²) < 4.78 is 10.8. The third-order valence-corrected chi connectivity index (χ3v) is 5.70. The van der Waals surface area contributed by atoms with Gasteiger partial charge in [-0.15, -0.1) is 0 Å². The Labute approximate surface area is 179 Å². The molecule has 4 rings (SSSR count). The van der Waals surface area contributed by atoms with Crippen molar-refractivity contribution in [3.63, 3.8) is 0 Å². The molecule has 9 heteroatoms. The van der Waals surface area contributed by atoms with Gasteiger partial charge in [0.05, 0.1) is 30.3 Å². The number of rotatable bonds is 4. The van der Waals surface area contributed by atoms with Crippen LogP contribution in [-0.2, 0) is 22.7 Å². The van der Waals surface area contributed by atoms with Gasteiger partial charge < -0.3 is 25.4 Å². The second-order valence-corrected chi connectivity index (χ2v) is 7.70. The van der Waals surface area contributed by atoms with Gasteiger partial charge in [0.15, 0.2) is 0 Å². The lowest BCUT2D eigenvalue weighted by Gasteiger charge is -2.33. The Kier molecular flexibility index (Phi) is 6.08. The molecule has 1 saturated heterocycles. The van der Waals surface area contributed by atoms with Gasteiger partial charge in [0.25, 0.3) is 0 Å². The first-order valence-corrected chi connectivity index (χ1v) is 10.1. The Morgan fingerprint density at radius 3 is 1.58 bits per heavy atom. The van der Waals surface area contributed by atoms with Gasteiger partial charge in [0.1, 0.15) is 13.2 Å². The molecule has 1 heterocycles. The van der Waals surface area contributed by atoms with Crippen LogP contribution >= 0.6 is 0 Å². The molecule has 0 radical (unpaired) electrons. The Balaban J connectivity index is 1.52. The maximum atomic E-state index is 12.9. The van der Waals surface area contributed by atoms with E-state index < -0.39 is 42.5 Å². The molecule has 2 fully saturated rings. The molecule has 2 aliphatic rings. The van der Waals surface area contributed by atoms with Crippen LogP contribution in [0.2, 0.25) is 0 Å². The van der Waals surface area contributed by atoms with Crippen molar-refractivity contribution in [2.75, 3.05) is 0 Å². The number of carbonyl (C=O) groups excluding carboxylic acids is 2. The van der Waals surface area contributed by atoms with E-state index in [0.717, 1.165) is 21.1 Å². The predicted octanol–water partition coefficient (Wildman–Crippen LogP) is 1.38. The molecular weight excluding hydrogens is 402 g/mol. The van der Waals surface area contributed by atoms with E-state index in [1.807, 2.05) is 36.4 Å². The number of nitrogens with two attached hydrogens (primary N) is 1. The van der Waals surface area contributed by atoms with E-state index in [4.69, 9.17) is 15.2 Å². The van der Waals surface area contributed by atoms with Crippen molar-refractivity contribution in [1.82, 2.24) is 10.0 Å². The normalized spacial score (nSPS) is 27.1. The van der Waals surface area contributed by atoms with Crippen LogP contribution in [0.4, 0.5) is 9.59 Å². The first kappa shape index (κ1) is 21.1. The zero-order chi connectivity index (χ0) is 22.0. The first-order valence-electron chi connectivity index (χ1n) is 10.1. The smallest absolute Gasteiger partial charge is 0.429 e. The highest BCUT2D eigenvalue weighted by Crippen LogP contribution is 2.37. The van der Waals surface area contributed by atoms with E-state index in [-0.39, 0.29) is 19.6 Å². The van der Waals surface area contributed by atoms with Gasteiger partial charge in [-0.3, -0.25) is 0 Å². The van der Waals surface area contributed by atoms with E-state index in [1.54, 1.807) is 24.3 Å². The minimum atomic E-state index is -1.22. The Hall–Kier alpha value is -3.14. The number of nitrogens with zero attached hydrogens (tertiary/aromatic N) is 2. The van der Waals surface area contributed by atoms with Crippen molar-refractivity contribution >= 4 is 12.2 Å². The lowest BCUT2D eigenvalue weighted by molar-refractivity contribution is -0.0406. The third-order valence-electron chi connectivity index (χ3n) is 5.70. The van der Waals surface area contributed by atoms with Crippen molar-refractivity contribution in [1.29, 1.82) is 0 Å². The fourth-order valence-corrected chi connectivity index (χ4v) is 4.07. The first-order chi connectivity index (χ1) is 15.0. The van der Waals surface area contributed by atoms with Crippen molar-refractivity contribution in [3.8, 4) is 0 Å². The fourth-order valence-electron chi connectivity index (χ4n) is 4.07. The van der Waals surface area contributed by atoms with E-state index in [9.17, 15) is 19.8 Å². The summed E-state index contributed by atoms with van der Waals surface area (Å²) in [6.45, 7) is -0.0175. The molecule has 164 valence electrons. The van der Waals surface area contributed by atoms with E-state index in [1.165, 1.54) is 0 Å². The van der Waals surface area contributed by atoms with Crippen molar-refractivity contribution < 1.29 is 29.3 Å². The molecule has 2 amide bonds. The maximum absolute atomic E-state index is 12.9. The zero-order valence-corrected chi connectivity index (χ0v) is 16.8. The number of ether oxygens (including phenoxy) is 2. The number of hydrogen-bond donors (Lipinski definition) is 3. The minimum Gasteiger partial charge on any atom is -0.443 e. The van der Waals surface area contributed by atoms with Gasteiger partial charge in [0, 0.05) is 0 Å². The molecule has 0 aromatic heterocycles. The molecule has 2 bridgehead atoms. The van der Waals surface area contributed by atoms with Crippen molar-refractivity contribution in [2.24, 2.45) is 5.73 Å². The van der Waals surface area contributed by atoms with Crippen molar-refractivity contribution in [3.05, 3.63) is 71.8 Å². The average Bonchev–Trinajstić information content (AvgIpc) is 3.18. The van der Waals surface area contributed by atoms with Crippen LogP contribution in [0.1, 0.15) is 17.5 Å². The molecule has 9 nitrogen and oxygen atoms in total. The van der Waals surface area contributed by atoms with Gasteiger partial charge in [-0.25, -0.2) is 19.6 Å². The molecule has 31 heavy (non-hydrogen) atoms. The maximum Gasteiger partial charge on any atom is 0.429 e. The van der Waals surface area contributed by atoms with Crippen LogP contribution in [0, 0.1) is 0 Å². The number of fused-ring (bicyclic) bond motifs is 2. The fraction of sp³-hybridized carbons (Fsp3) is 0.364. The molecule has 2 aromatic rings. The number of aliphatic hydroxyl groups is 2. The summed E-state index contributed by atoms with van der Waals surface area (Å²) in [5.74, 6) is 0. The van der Waals surface area contributed by atoms with Crippen LogP contribution in [0.15, 0.2) is 60.7 Å². The Morgan fingerprint density at radius 1 is 0.806 bits per heavy atom. The van der Waals surface area contributed by atoms with Crippen LogP contribution in [0.5, 0.6) is 0 Å². The molecule has 4 N–H and O–H groups in total. The zero-order valence-electron chi connectivity index (χ0n) is 16.8. The number of carbonyl (C=O) groups is 2. The Morgan fingerprint density at radius 2 is 1.19 bits per heavy atom. The van der Waals surface area contributed by atoms with Gasteiger partial charge in [-0.1, -0.05) is 60.7 Å². The van der Waals surface area contributed by atoms with Crippen molar-refractivity contribution in [2.45, 2.75) is 50.0 Å². The number of amides is 2. The van der Waals surface area contributed by atoms with Crippen LogP contribution in [0.25, 0.3) is 0 Å². The average molecular weight is 427 g/mol. The van der Waals surface area contributed by atoms with Gasteiger partial charge in [-0.05, 0) is 17.5 Å². The lowest BCUT2D eigenvalue weighted by Crippen LogP contribution is -2.58. The summed E-state index contributed by atoms with van der Waals surface area (Å²) in [5.41, 5.74) is 7.48. The largest absolute Gasteiger partial charge is 0.443 e. The summed E-state index contributed by atoms with van der Waals surface area (Å²) in [4.78, 5) is 25.9. The monoisotopic (exact) mass is 427 g/mol. The molecular formula is C22H25N3O6. The van der Waals surface area contributed by atoms with Gasteiger partial charge >= 0.3 is 12.2 Å². The highest BCUT2D eigenvalue weighted by Gasteiger charge is 2.58.